The second kappa shape index (κ2) is 3.90. The van der Waals surface area contributed by atoms with Gasteiger partial charge in [-0.15, -0.1) is 0 Å². The number of alkyl halides is 1. The van der Waals surface area contributed by atoms with Crippen molar-refractivity contribution < 1.29 is 0 Å². The first-order valence-corrected chi connectivity index (χ1v) is 5.60. The zero-order valence-corrected chi connectivity index (χ0v) is 9.15. The number of halogens is 1. The number of hydrogen-bond acceptors (Lipinski definition) is 1. The smallest absolute Gasteiger partial charge is 0.0153 e. The average molecular weight is 220 g/mol. The normalized spacial score (nSPS) is 24.3. The molecule has 1 aliphatic heterocycles. The van der Waals surface area contributed by atoms with E-state index >= 15 is 0 Å². The van der Waals surface area contributed by atoms with Crippen LogP contribution in [-0.4, -0.2) is 28.9 Å². The molecular formula is C9H18BrN. The molecule has 0 atom stereocenters. The van der Waals surface area contributed by atoms with E-state index in [0.29, 0.717) is 5.54 Å². The molecule has 0 bridgehead atoms. The van der Waals surface area contributed by atoms with E-state index in [9.17, 15) is 0 Å². The maximum atomic E-state index is 3.47. The van der Waals surface area contributed by atoms with Crippen molar-refractivity contribution in [3.8, 4) is 0 Å². The topological polar surface area (TPSA) is 3.24 Å². The van der Waals surface area contributed by atoms with Gasteiger partial charge in [0.05, 0.1) is 0 Å². The fraction of sp³-hybridized carbons (Fsp3) is 1.00. The maximum absolute atomic E-state index is 3.47. The minimum absolute atomic E-state index is 0.474. The lowest BCUT2D eigenvalue weighted by Crippen LogP contribution is -2.38. The monoisotopic (exact) mass is 219 g/mol. The molecule has 0 aromatic heterocycles. The van der Waals surface area contributed by atoms with Crippen LogP contribution < -0.4 is 0 Å². The number of likely N-dealkylation sites (tertiary alicyclic amines) is 1. The van der Waals surface area contributed by atoms with E-state index in [1.54, 1.807) is 0 Å². The predicted molar refractivity (Wildman–Crippen MR) is 53.3 cm³/mol. The zero-order chi connectivity index (χ0) is 8.32. The summed E-state index contributed by atoms with van der Waals surface area (Å²) < 4.78 is 0. The van der Waals surface area contributed by atoms with Crippen LogP contribution in [0.3, 0.4) is 0 Å². The molecule has 0 aromatic rings. The number of nitrogens with zero attached hydrogens (tertiary/aromatic N) is 1. The first-order valence-electron chi connectivity index (χ1n) is 4.48. The summed E-state index contributed by atoms with van der Waals surface area (Å²) >= 11 is 3.47. The fourth-order valence-corrected chi connectivity index (χ4v) is 2.08. The van der Waals surface area contributed by atoms with E-state index < -0.39 is 0 Å². The molecule has 1 fully saturated rings. The Hall–Kier alpha value is 0.440. The molecule has 11 heavy (non-hydrogen) atoms. The van der Waals surface area contributed by atoms with Crippen molar-refractivity contribution in [2.75, 3.05) is 18.4 Å². The van der Waals surface area contributed by atoms with Gasteiger partial charge in [0.2, 0.25) is 0 Å². The summed E-state index contributed by atoms with van der Waals surface area (Å²) in [6, 6.07) is 0. The van der Waals surface area contributed by atoms with Crippen molar-refractivity contribution in [1.82, 2.24) is 4.90 Å². The Morgan fingerprint density at radius 1 is 1.45 bits per heavy atom. The minimum atomic E-state index is 0.474. The molecule has 1 aliphatic rings. The van der Waals surface area contributed by atoms with Gasteiger partial charge in [0.15, 0.2) is 0 Å². The van der Waals surface area contributed by atoms with Gasteiger partial charge in [-0.3, -0.25) is 4.90 Å². The molecule has 0 N–H and O–H groups in total. The Labute approximate surface area is 78.3 Å². The third kappa shape index (κ3) is 2.45. The molecule has 66 valence electrons. The van der Waals surface area contributed by atoms with Gasteiger partial charge in [-0.1, -0.05) is 15.9 Å². The summed E-state index contributed by atoms with van der Waals surface area (Å²) in [4.78, 5) is 2.61. The van der Waals surface area contributed by atoms with Gasteiger partial charge >= 0.3 is 0 Å². The second-order valence-electron chi connectivity index (χ2n) is 3.95. The van der Waals surface area contributed by atoms with Crippen LogP contribution in [0.2, 0.25) is 0 Å². The lowest BCUT2D eigenvalue weighted by molar-refractivity contribution is 0.176. The molecular weight excluding hydrogens is 202 g/mol. The Balaban J connectivity index is 2.32. The first-order chi connectivity index (χ1) is 5.17. The molecule has 0 spiro atoms. The van der Waals surface area contributed by atoms with Crippen molar-refractivity contribution in [2.45, 2.75) is 38.6 Å². The Kier molecular flexibility index (Phi) is 3.38. The third-order valence-electron chi connectivity index (χ3n) is 2.63. The SMILES string of the molecule is CC1(C)CCCN1CCCBr. The molecule has 2 heteroatoms. The van der Waals surface area contributed by atoms with Crippen molar-refractivity contribution in [3.05, 3.63) is 0 Å². The molecule has 1 saturated heterocycles. The molecule has 0 amide bonds. The van der Waals surface area contributed by atoms with Crippen LogP contribution >= 0.6 is 15.9 Å². The van der Waals surface area contributed by atoms with Crippen molar-refractivity contribution >= 4 is 15.9 Å². The predicted octanol–water partition coefficient (Wildman–Crippen LogP) is 2.65. The lowest BCUT2D eigenvalue weighted by atomic mass is 10.0. The van der Waals surface area contributed by atoms with Crippen LogP contribution in [0.1, 0.15) is 33.1 Å². The molecule has 1 nitrogen and oxygen atoms in total. The maximum Gasteiger partial charge on any atom is 0.0153 e. The zero-order valence-electron chi connectivity index (χ0n) is 7.57. The van der Waals surface area contributed by atoms with Gasteiger partial charge in [0, 0.05) is 10.9 Å². The molecule has 1 rings (SSSR count). The van der Waals surface area contributed by atoms with Crippen LogP contribution in [-0.2, 0) is 0 Å². The van der Waals surface area contributed by atoms with Gasteiger partial charge < -0.3 is 0 Å². The van der Waals surface area contributed by atoms with E-state index in [4.69, 9.17) is 0 Å². The largest absolute Gasteiger partial charge is 0.298 e. The summed E-state index contributed by atoms with van der Waals surface area (Å²) in [6.45, 7) is 7.28. The van der Waals surface area contributed by atoms with Crippen LogP contribution in [0.4, 0.5) is 0 Å². The Morgan fingerprint density at radius 3 is 2.64 bits per heavy atom. The third-order valence-corrected chi connectivity index (χ3v) is 3.20. The standard InChI is InChI=1S/C9H18BrN/c1-9(2)5-3-7-11(9)8-4-6-10/h3-8H2,1-2H3. The highest BCUT2D eigenvalue weighted by Gasteiger charge is 2.30. The van der Waals surface area contributed by atoms with Crippen LogP contribution in [0, 0.1) is 0 Å². The van der Waals surface area contributed by atoms with Gasteiger partial charge in [0.1, 0.15) is 0 Å². The molecule has 0 aliphatic carbocycles. The van der Waals surface area contributed by atoms with E-state index in [1.165, 1.54) is 32.4 Å². The highest BCUT2D eigenvalue weighted by atomic mass is 79.9. The van der Waals surface area contributed by atoms with Crippen molar-refractivity contribution in [2.24, 2.45) is 0 Å². The van der Waals surface area contributed by atoms with Gasteiger partial charge in [-0.2, -0.15) is 0 Å². The summed E-state index contributed by atoms with van der Waals surface area (Å²) in [5, 5.41) is 1.14. The Bertz CT molecular complexity index is 123. The van der Waals surface area contributed by atoms with Crippen LogP contribution in [0.25, 0.3) is 0 Å². The highest BCUT2D eigenvalue weighted by molar-refractivity contribution is 9.09. The number of rotatable bonds is 3. The summed E-state index contributed by atoms with van der Waals surface area (Å²) in [6.07, 6.45) is 4.04. The van der Waals surface area contributed by atoms with Gasteiger partial charge in [0.25, 0.3) is 0 Å². The molecule has 0 unspecified atom stereocenters. The van der Waals surface area contributed by atoms with Crippen molar-refractivity contribution in [1.29, 1.82) is 0 Å². The molecule has 0 radical (unpaired) electrons. The lowest BCUT2D eigenvalue weighted by Gasteiger charge is -2.31. The average Bonchev–Trinajstić information content (AvgIpc) is 2.25. The second-order valence-corrected chi connectivity index (χ2v) is 4.74. The summed E-state index contributed by atoms with van der Waals surface area (Å²) in [7, 11) is 0. The van der Waals surface area contributed by atoms with Gasteiger partial charge in [-0.05, 0) is 46.2 Å². The van der Waals surface area contributed by atoms with E-state index in [-0.39, 0.29) is 0 Å². The molecule has 1 heterocycles. The van der Waals surface area contributed by atoms with E-state index in [2.05, 4.69) is 34.7 Å². The van der Waals surface area contributed by atoms with E-state index in [1.807, 2.05) is 0 Å². The number of hydrogen-bond donors (Lipinski definition) is 0. The van der Waals surface area contributed by atoms with Crippen LogP contribution in [0.5, 0.6) is 0 Å². The van der Waals surface area contributed by atoms with Gasteiger partial charge in [-0.25, -0.2) is 0 Å². The summed E-state index contributed by atoms with van der Waals surface area (Å²) in [5.41, 5.74) is 0.474. The van der Waals surface area contributed by atoms with Crippen LogP contribution in [0.15, 0.2) is 0 Å². The quantitative estimate of drug-likeness (QED) is 0.661. The Morgan fingerprint density at radius 2 is 2.18 bits per heavy atom. The van der Waals surface area contributed by atoms with Crippen molar-refractivity contribution in [3.63, 3.8) is 0 Å². The molecule has 0 aromatic carbocycles. The highest BCUT2D eigenvalue weighted by Crippen LogP contribution is 2.27. The fourth-order valence-electron chi connectivity index (χ4n) is 1.83. The van der Waals surface area contributed by atoms with E-state index in [0.717, 1.165) is 5.33 Å². The minimum Gasteiger partial charge on any atom is -0.298 e. The first kappa shape index (κ1) is 9.53. The molecule has 0 saturated carbocycles. The summed E-state index contributed by atoms with van der Waals surface area (Å²) in [5.74, 6) is 0.